The fraction of sp³-hybridized carbons (Fsp3) is 0.276. The average Bonchev–Trinajstić information content (AvgIpc) is 2.82. The lowest BCUT2D eigenvalue weighted by atomic mass is 9.98. The predicted octanol–water partition coefficient (Wildman–Crippen LogP) is 7.53. The highest BCUT2D eigenvalue weighted by atomic mass is 35.5. The second-order valence-corrected chi connectivity index (χ2v) is 10.5. The van der Waals surface area contributed by atoms with Crippen molar-refractivity contribution in [2.24, 2.45) is 0 Å². The molecule has 2 aromatic heterocycles. The fourth-order valence-electron chi connectivity index (χ4n) is 4.19. The van der Waals surface area contributed by atoms with E-state index >= 15 is 0 Å². The van der Waals surface area contributed by atoms with E-state index in [0.717, 1.165) is 17.7 Å². The van der Waals surface area contributed by atoms with Gasteiger partial charge >= 0.3 is 5.97 Å². The van der Waals surface area contributed by atoms with Crippen LogP contribution in [0.5, 0.6) is 0 Å². The van der Waals surface area contributed by atoms with Crippen LogP contribution in [-0.4, -0.2) is 16.6 Å². The number of fused-ring (bicyclic) bond motifs is 1. The number of anilines is 1. The molecule has 0 aliphatic rings. The Morgan fingerprint density at radius 1 is 1.11 bits per heavy atom. The molecule has 0 amide bonds. The first-order chi connectivity index (χ1) is 17.8. The van der Waals surface area contributed by atoms with Crippen LogP contribution in [0.15, 0.2) is 51.7 Å². The van der Waals surface area contributed by atoms with Crippen LogP contribution in [0.3, 0.4) is 0 Å². The van der Waals surface area contributed by atoms with Crippen molar-refractivity contribution >= 4 is 34.2 Å². The molecule has 0 spiro atoms. The molecule has 38 heavy (non-hydrogen) atoms. The summed E-state index contributed by atoms with van der Waals surface area (Å²) in [5.41, 5.74) is 0.352. The highest BCUT2D eigenvalue weighted by Crippen LogP contribution is 2.34. The molecule has 198 valence electrons. The first-order valence-electron chi connectivity index (χ1n) is 12.0. The zero-order chi connectivity index (χ0) is 27.9. The summed E-state index contributed by atoms with van der Waals surface area (Å²) in [4.78, 5) is 30.3. The molecule has 0 radical (unpaired) electrons. The third-order valence-electron chi connectivity index (χ3n) is 5.87. The summed E-state index contributed by atoms with van der Waals surface area (Å²) in [5, 5.41) is 3.61. The molecular formula is C29H27ClF2N2O4. The summed E-state index contributed by atoms with van der Waals surface area (Å²) in [5.74, 6) is -2.53. The van der Waals surface area contributed by atoms with Gasteiger partial charge in [-0.2, -0.15) is 0 Å². The van der Waals surface area contributed by atoms with E-state index in [4.69, 9.17) is 20.8 Å². The molecule has 9 heteroatoms. The van der Waals surface area contributed by atoms with Crippen LogP contribution in [0.25, 0.3) is 22.3 Å². The summed E-state index contributed by atoms with van der Waals surface area (Å²) in [6.45, 7) is 10.3. The smallest absolute Gasteiger partial charge is 0.359 e. The minimum atomic E-state index is -0.843. The van der Waals surface area contributed by atoms with Gasteiger partial charge in [0.05, 0.1) is 22.7 Å². The maximum absolute atomic E-state index is 14.7. The molecule has 0 saturated heterocycles. The average molecular weight is 541 g/mol. The van der Waals surface area contributed by atoms with Crippen LogP contribution in [-0.2, 0) is 4.74 Å². The summed E-state index contributed by atoms with van der Waals surface area (Å²) in [6.07, 6.45) is 0. The summed E-state index contributed by atoms with van der Waals surface area (Å²) in [6, 6.07) is 9.52. The SMILES string of the molecule is Cc1cc([C@@H](C)Nc2ccc(Cl)nc2C(=O)OC(C)(C)C)c2oc(-c3c(F)cccc3F)c(C)c(=O)c2c1. The van der Waals surface area contributed by atoms with Crippen molar-refractivity contribution in [3.63, 3.8) is 0 Å². The number of rotatable bonds is 5. The number of esters is 1. The van der Waals surface area contributed by atoms with Gasteiger partial charge in [-0.1, -0.05) is 23.7 Å². The summed E-state index contributed by atoms with van der Waals surface area (Å²) >= 11 is 6.06. The largest absolute Gasteiger partial charge is 0.455 e. The van der Waals surface area contributed by atoms with Crippen LogP contribution in [0.4, 0.5) is 14.5 Å². The number of aryl methyl sites for hydroxylation is 1. The maximum atomic E-state index is 14.7. The number of carbonyl (C=O) groups excluding carboxylic acids is 1. The first-order valence-corrected chi connectivity index (χ1v) is 12.3. The van der Waals surface area contributed by atoms with Crippen molar-refractivity contribution in [3.05, 3.63) is 91.9 Å². The van der Waals surface area contributed by atoms with Crippen molar-refractivity contribution in [1.29, 1.82) is 0 Å². The summed E-state index contributed by atoms with van der Waals surface area (Å²) in [7, 11) is 0. The van der Waals surface area contributed by atoms with Crippen molar-refractivity contribution in [2.45, 2.75) is 53.2 Å². The fourth-order valence-corrected chi connectivity index (χ4v) is 4.33. The second kappa shape index (κ2) is 10.2. The van der Waals surface area contributed by atoms with E-state index in [1.165, 1.54) is 19.1 Å². The van der Waals surface area contributed by atoms with E-state index in [1.807, 2.05) is 6.92 Å². The van der Waals surface area contributed by atoms with Crippen molar-refractivity contribution in [3.8, 4) is 11.3 Å². The monoisotopic (exact) mass is 540 g/mol. The van der Waals surface area contributed by atoms with E-state index in [-0.39, 0.29) is 33.1 Å². The molecule has 0 aliphatic heterocycles. The Morgan fingerprint density at radius 3 is 2.39 bits per heavy atom. The Hall–Kier alpha value is -3.78. The molecule has 0 aliphatic carbocycles. The molecule has 4 aromatic rings. The number of aromatic nitrogens is 1. The van der Waals surface area contributed by atoms with E-state index in [9.17, 15) is 18.4 Å². The maximum Gasteiger partial charge on any atom is 0.359 e. The minimum Gasteiger partial charge on any atom is -0.455 e. The number of nitrogens with one attached hydrogen (secondary N) is 1. The number of benzene rings is 2. The van der Waals surface area contributed by atoms with Crippen molar-refractivity contribution < 1.29 is 22.7 Å². The molecule has 1 atom stereocenters. The standard InChI is InChI=1S/C29H27ClF2N2O4/c1-14-12-17(16(3)33-21-10-11-22(30)34-24(21)28(36)38-29(4,5)6)27-18(13-14)25(35)15(2)26(37-27)23-19(31)8-7-9-20(23)32/h7-13,16,33H,1-6H3/t16-/m1/s1. The van der Waals surface area contributed by atoms with Gasteiger partial charge in [0.1, 0.15) is 33.7 Å². The highest BCUT2D eigenvalue weighted by molar-refractivity contribution is 6.29. The van der Waals surface area contributed by atoms with Gasteiger partial charge in [0, 0.05) is 11.1 Å². The van der Waals surface area contributed by atoms with Gasteiger partial charge in [-0.3, -0.25) is 4.79 Å². The number of pyridine rings is 1. The van der Waals surface area contributed by atoms with Crippen LogP contribution in [0, 0.1) is 25.5 Å². The Morgan fingerprint density at radius 2 is 1.76 bits per heavy atom. The predicted molar refractivity (Wildman–Crippen MR) is 144 cm³/mol. The van der Waals surface area contributed by atoms with Gasteiger partial charge in [-0.05, 0) is 77.4 Å². The minimum absolute atomic E-state index is 0.0114. The molecule has 0 bridgehead atoms. The van der Waals surface area contributed by atoms with Gasteiger partial charge in [0.25, 0.3) is 0 Å². The number of hydrogen-bond donors (Lipinski definition) is 1. The van der Waals surface area contributed by atoms with Crippen LogP contribution >= 0.6 is 11.6 Å². The van der Waals surface area contributed by atoms with Crippen molar-refractivity contribution in [1.82, 2.24) is 4.98 Å². The van der Waals surface area contributed by atoms with E-state index in [2.05, 4.69) is 10.3 Å². The quantitative estimate of drug-likeness (QED) is 0.208. The Bertz CT molecular complexity index is 1610. The van der Waals surface area contributed by atoms with Crippen LogP contribution < -0.4 is 10.7 Å². The van der Waals surface area contributed by atoms with E-state index < -0.39 is 40.2 Å². The van der Waals surface area contributed by atoms with Gasteiger partial charge in [0.15, 0.2) is 11.1 Å². The van der Waals surface area contributed by atoms with Gasteiger partial charge < -0.3 is 14.5 Å². The molecule has 2 heterocycles. The normalized spacial score (nSPS) is 12.4. The molecule has 0 fully saturated rings. The highest BCUT2D eigenvalue weighted by Gasteiger charge is 2.25. The van der Waals surface area contributed by atoms with Gasteiger partial charge in [-0.15, -0.1) is 0 Å². The molecule has 0 unspecified atom stereocenters. The molecular weight excluding hydrogens is 514 g/mol. The van der Waals surface area contributed by atoms with Crippen LogP contribution in [0.2, 0.25) is 5.15 Å². The molecule has 0 saturated carbocycles. The number of ether oxygens (including phenoxy) is 1. The Balaban J connectivity index is 1.86. The molecule has 1 N–H and O–H groups in total. The Labute approximate surface area is 223 Å². The lowest BCUT2D eigenvalue weighted by Gasteiger charge is -2.22. The molecule has 6 nitrogen and oxygen atoms in total. The Kier molecular flexibility index (Phi) is 7.30. The number of halogens is 3. The van der Waals surface area contributed by atoms with Gasteiger partial charge in [-0.25, -0.2) is 18.6 Å². The molecule has 2 aromatic carbocycles. The number of hydrogen-bond acceptors (Lipinski definition) is 6. The molecule has 4 rings (SSSR count). The second-order valence-electron chi connectivity index (χ2n) is 10.1. The topological polar surface area (TPSA) is 81.4 Å². The zero-order valence-electron chi connectivity index (χ0n) is 21.8. The van der Waals surface area contributed by atoms with Crippen LogP contribution in [0.1, 0.15) is 60.9 Å². The van der Waals surface area contributed by atoms with E-state index in [1.54, 1.807) is 45.9 Å². The third-order valence-corrected chi connectivity index (χ3v) is 6.08. The third kappa shape index (κ3) is 5.41. The summed E-state index contributed by atoms with van der Waals surface area (Å²) < 4.78 is 40.9. The van der Waals surface area contributed by atoms with E-state index in [0.29, 0.717) is 11.3 Å². The lowest BCUT2D eigenvalue weighted by Crippen LogP contribution is -2.25. The number of nitrogens with zero attached hydrogens (tertiary/aromatic N) is 1. The first kappa shape index (κ1) is 27.3. The van der Waals surface area contributed by atoms with Crippen molar-refractivity contribution in [2.75, 3.05) is 5.32 Å². The van der Waals surface area contributed by atoms with Gasteiger partial charge in [0.2, 0.25) is 0 Å². The lowest BCUT2D eigenvalue weighted by molar-refractivity contribution is 0.00640. The zero-order valence-corrected chi connectivity index (χ0v) is 22.6. The number of carbonyl (C=O) groups is 1.